The summed E-state index contributed by atoms with van der Waals surface area (Å²) in [5.41, 5.74) is 6.37. The van der Waals surface area contributed by atoms with Crippen LogP contribution in [0.15, 0.2) is 53.4 Å². The molecule has 0 bridgehead atoms. The fourth-order valence-electron chi connectivity index (χ4n) is 1.90. The fraction of sp³-hybridized carbons (Fsp3) is 0.250. The van der Waals surface area contributed by atoms with E-state index in [1.807, 2.05) is 0 Å². The predicted molar refractivity (Wildman–Crippen MR) is 88.0 cm³/mol. The van der Waals surface area contributed by atoms with Gasteiger partial charge in [0.15, 0.2) is 0 Å². The van der Waals surface area contributed by atoms with E-state index in [2.05, 4.69) is 4.72 Å². The van der Waals surface area contributed by atoms with Gasteiger partial charge in [0, 0.05) is 13.1 Å². The Morgan fingerprint density at radius 2 is 1.61 bits per heavy atom. The lowest BCUT2D eigenvalue weighted by atomic mass is 10.2. The minimum absolute atomic E-state index is 0.174. The van der Waals surface area contributed by atoms with Crippen molar-refractivity contribution in [1.29, 1.82) is 0 Å². The summed E-state index contributed by atoms with van der Waals surface area (Å²) in [5, 5.41) is 0. The Morgan fingerprint density at radius 1 is 1.00 bits per heavy atom. The van der Waals surface area contributed by atoms with E-state index in [0.717, 1.165) is 11.3 Å². The number of rotatable bonds is 8. The van der Waals surface area contributed by atoms with E-state index < -0.39 is 10.0 Å². The average molecular weight is 336 g/mol. The molecule has 3 N–H and O–H groups in total. The second kappa shape index (κ2) is 7.96. The van der Waals surface area contributed by atoms with Crippen LogP contribution in [-0.2, 0) is 16.6 Å². The van der Waals surface area contributed by atoms with Crippen molar-refractivity contribution in [3.8, 4) is 11.5 Å². The highest BCUT2D eigenvalue weighted by atomic mass is 32.2. The van der Waals surface area contributed by atoms with Crippen LogP contribution in [0.25, 0.3) is 0 Å². The van der Waals surface area contributed by atoms with Crippen molar-refractivity contribution in [3.05, 3.63) is 54.1 Å². The molecule has 0 aliphatic carbocycles. The first-order valence-corrected chi connectivity index (χ1v) is 8.59. The molecule has 0 radical (unpaired) electrons. The summed E-state index contributed by atoms with van der Waals surface area (Å²) < 4.78 is 37.2. The van der Waals surface area contributed by atoms with E-state index in [4.69, 9.17) is 15.2 Å². The molecule has 0 aliphatic heterocycles. The molecule has 0 heterocycles. The highest BCUT2D eigenvalue weighted by Crippen LogP contribution is 2.16. The molecule has 23 heavy (non-hydrogen) atoms. The molecular formula is C16H20N2O4S. The van der Waals surface area contributed by atoms with Crippen molar-refractivity contribution in [1.82, 2.24) is 4.72 Å². The van der Waals surface area contributed by atoms with Crippen LogP contribution >= 0.6 is 0 Å². The molecule has 0 unspecified atom stereocenters. The minimum atomic E-state index is -3.54. The largest absolute Gasteiger partial charge is 0.497 e. The normalized spacial score (nSPS) is 11.2. The molecule has 0 aliphatic rings. The lowest BCUT2D eigenvalue weighted by Gasteiger charge is -2.09. The summed E-state index contributed by atoms with van der Waals surface area (Å²) in [4.78, 5) is 0.208. The van der Waals surface area contributed by atoms with Crippen molar-refractivity contribution in [3.63, 3.8) is 0 Å². The number of hydrogen-bond donors (Lipinski definition) is 2. The first-order valence-electron chi connectivity index (χ1n) is 7.10. The standard InChI is InChI=1S/C16H20N2O4S/c1-21-14-4-6-15(7-5-14)22-11-10-18-23(19,20)16-8-2-13(12-17)3-9-16/h2-9,18H,10-12,17H2,1H3. The molecule has 2 aromatic carbocycles. The second-order valence-electron chi connectivity index (χ2n) is 4.77. The number of hydrogen-bond acceptors (Lipinski definition) is 5. The van der Waals surface area contributed by atoms with Crippen molar-refractivity contribution in [2.45, 2.75) is 11.4 Å². The van der Waals surface area contributed by atoms with E-state index in [0.29, 0.717) is 12.3 Å². The Morgan fingerprint density at radius 3 is 2.17 bits per heavy atom. The Kier molecular flexibility index (Phi) is 5.97. The Hall–Kier alpha value is -2.09. The maximum atomic E-state index is 12.1. The zero-order valence-electron chi connectivity index (χ0n) is 12.9. The summed E-state index contributed by atoms with van der Waals surface area (Å²) in [6.07, 6.45) is 0. The quantitative estimate of drug-likeness (QED) is 0.713. The van der Waals surface area contributed by atoms with Crippen LogP contribution in [0.3, 0.4) is 0 Å². The van der Waals surface area contributed by atoms with Gasteiger partial charge in [-0.15, -0.1) is 0 Å². The molecule has 2 rings (SSSR count). The topological polar surface area (TPSA) is 90.6 Å². The van der Waals surface area contributed by atoms with Gasteiger partial charge in [-0.2, -0.15) is 0 Å². The molecule has 6 nitrogen and oxygen atoms in total. The minimum Gasteiger partial charge on any atom is -0.497 e. The highest BCUT2D eigenvalue weighted by Gasteiger charge is 2.12. The number of methoxy groups -OCH3 is 1. The molecule has 0 spiro atoms. The van der Waals surface area contributed by atoms with Gasteiger partial charge in [-0.1, -0.05) is 12.1 Å². The van der Waals surface area contributed by atoms with E-state index in [-0.39, 0.29) is 18.0 Å². The summed E-state index contributed by atoms with van der Waals surface area (Å²) in [7, 11) is -1.95. The van der Waals surface area contributed by atoms with Crippen LogP contribution in [0.5, 0.6) is 11.5 Å². The molecule has 0 fully saturated rings. The molecule has 7 heteroatoms. The molecule has 124 valence electrons. The van der Waals surface area contributed by atoms with E-state index >= 15 is 0 Å². The third-order valence-electron chi connectivity index (χ3n) is 3.19. The number of nitrogens with one attached hydrogen (secondary N) is 1. The number of benzene rings is 2. The van der Waals surface area contributed by atoms with E-state index in [1.54, 1.807) is 43.5 Å². The van der Waals surface area contributed by atoms with Crippen molar-refractivity contribution < 1.29 is 17.9 Å². The van der Waals surface area contributed by atoms with E-state index in [1.165, 1.54) is 12.1 Å². The number of ether oxygens (including phenoxy) is 2. The Labute approximate surface area is 136 Å². The average Bonchev–Trinajstić information content (AvgIpc) is 2.59. The van der Waals surface area contributed by atoms with Gasteiger partial charge in [0.2, 0.25) is 10.0 Å². The van der Waals surface area contributed by atoms with Crippen molar-refractivity contribution in [2.24, 2.45) is 5.73 Å². The number of nitrogens with two attached hydrogens (primary N) is 1. The first-order chi connectivity index (χ1) is 11.0. The number of sulfonamides is 1. The van der Waals surface area contributed by atoms with Crippen molar-refractivity contribution in [2.75, 3.05) is 20.3 Å². The zero-order valence-corrected chi connectivity index (χ0v) is 13.7. The van der Waals surface area contributed by atoms with Crippen LogP contribution in [0, 0.1) is 0 Å². The van der Waals surface area contributed by atoms with Gasteiger partial charge < -0.3 is 15.2 Å². The lowest BCUT2D eigenvalue weighted by molar-refractivity contribution is 0.322. The van der Waals surface area contributed by atoms with Crippen LogP contribution in [0.4, 0.5) is 0 Å². The monoisotopic (exact) mass is 336 g/mol. The Bertz CT molecular complexity index is 713. The van der Waals surface area contributed by atoms with Gasteiger partial charge in [0.1, 0.15) is 18.1 Å². The fourth-order valence-corrected chi connectivity index (χ4v) is 2.92. The first kappa shape index (κ1) is 17.3. The van der Waals surface area contributed by atoms with Gasteiger partial charge in [-0.3, -0.25) is 0 Å². The molecule has 2 aromatic rings. The smallest absolute Gasteiger partial charge is 0.240 e. The maximum absolute atomic E-state index is 12.1. The summed E-state index contributed by atoms with van der Waals surface area (Å²) >= 11 is 0. The highest BCUT2D eigenvalue weighted by molar-refractivity contribution is 7.89. The summed E-state index contributed by atoms with van der Waals surface area (Å²) in [5.74, 6) is 1.39. The third kappa shape index (κ3) is 4.95. The van der Waals surface area contributed by atoms with Crippen molar-refractivity contribution >= 4 is 10.0 Å². The van der Waals surface area contributed by atoms with Crippen LogP contribution in [0.2, 0.25) is 0 Å². The molecule has 0 atom stereocenters. The molecular weight excluding hydrogens is 316 g/mol. The zero-order chi connectivity index (χ0) is 16.7. The van der Waals surface area contributed by atoms with Gasteiger partial charge in [0.25, 0.3) is 0 Å². The van der Waals surface area contributed by atoms with Crippen LogP contribution in [-0.4, -0.2) is 28.7 Å². The SMILES string of the molecule is COc1ccc(OCCNS(=O)(=O)c2ccc(CN)cc2)cc1. The second-order valence-corrected chi connectivity index (χ2v) is 6.54. The van der Waals surface area contributed by atoms with Gasteiger partial charge >= 0.3 is 0 Å². The molecule has 0 saturated carbocycles. The summed E-state index contributed by atoms with van der Waals surface area (Å²) in [6.45, 7) is 0.781. The maximum Gasteiger partial charge on any atom is 0.240 e. The van der Waals surface area contributed by atoms with Gasteiger partial charge in [-0.25, -0.2) is 13.1 Å². The van der Waals surface area contributed by atoms with Crippen LogP contribution in [0.1, 0.15) is 5.56 Å². The van der Waals surface area contributed by atoms with Gasteiger partial charge in [-0.05, 0) is 42.0 Å². The Balaban J connectivity index is 1.84. The molecule has 0 amide bonds. The lowest BCUT2D eigenvalue weighted by Crippen LogP contribution is -2.28. The third-order valence-corrected chi connectivity index (χ3v) is 4.67. The summed E-state index contributed by atoms with van der Waals surface area (Å²) in [6, 6.07) is 13.5. The predicted octanol–water partition coefficient (Wildman–Crippen LogP) is 1.51. The van der Waals surface area contributed by atoms with Crippen LogP contribution < -0.4 is 19.9 Å². The van der Waals surface area contributed by atoms with E-state index in [9.17, 15) is 8.42 Å². The van der Waals surface area contributed by atoms with Gasteiger partial charge in [0.05, 0.1) is 12.0 Å². The molecule has 0 aromatic heterocycles. The molecule has 0 saturated heterocycles.